The molecule has 0 aromatic heterocycles. The lowest BCUT2D eigenvalue weighted by molar-refractivity contribution is 0.257. The van der Waals surface area contributed by atoms with E-state index in [1.165, 1.54) is 10.8 Å². The maximum atomic E-state index is 6.34. The highest BCUT2D eigenvalue weighted by atomic mass is 35.5. The fourth-order valence-electron chi connectivity index (χ4n) is 3.80. The van der Waals surface area contributed by atoms with Crippen LogP contribution in [0.25, 0.3) is 10.8 Å². The second-order valence-electron chi connectivity index (χ2n) is 7.41. The Labute approximate surface area is 187 Å². The molecule has 1 aliphatic heterocycles. The summed E-state index contributed by atoms with van der Waals surface area (Å²) in [5, 5.41) is 8.18. The summed E-state index contributed by atoms with van der Waals surface area (Å²) in [5.74, 6) is 0. The van der Waals surface area contributed by atoms with Crippen molar-refractivity contribution >= 4 is 57.0 Å². The number of rotatable bonds is 6. The first kappa shape index (κ1) is 20.6. The van der Waals surface area contributed by atoms with Crippen molar-refractivity contribution in [2.45, 2.75) is 6.42 Å². The topological polar surface area (TPSA) is 18.5 Å². The van der Waals surface area contributed by atoms with Gasteiger partial charge in [-0.25, -0.2) is 0 Å². The van der Waals surface area contributed by atoms with E-state index in [1.807, 2.05) is 30.3 Å². The van der Waals surface area contributed by atoms with Gasteiger partial charge in [0.05, 0.1) is 10.7 Å². The van der Waals surface area contributed by atoms with Crippen molar-refractivity contribution in [3.05, 3.63) is 69.7 Å². The van der Waals surface area contributed by atoms with Crippen LogP contribution in [-0.4, -0.2) is 44.2 Å². The van der Waals surface area contributed by atoms with E-state index in [-0.39, 0.29) is 0 Å². The normalized spacial score (nSPS) is 15.1. The number of hydrogen-bond acceptors (Lipinski definition) is 3. The molecule has 152 valence electrons. The summed E-state index contributed by atoms with van der Waals surface area (Å²) in [6, 6.07) is 18.1. The summed E-state index contributed by atoms with van der Waals surface area (Å²) >= 11 is 18.5. The van der Waals surface area contributed by atoms with Gasteiger partial charge in [-0.05, 0) is 66.2 Å². The van der Waals surface area contributed by atoms with E-state index >= 15 is 0 Å². The molecule has 0 radical (unpaired) electrons. The molecule has 3 aromatic rings. The van der Waals surface area contributed by atoms with Gasteiger partial charge < -0.3 is 10.2 Å². The smallest absolute Gasteiger partial charge is 0.0640 e. The number of halogens is 3. The molecule has 6 heteroatoms. The van der Waals surface area contributed by atoms with Crippen molar-refractivity contribution in [2.75, 3.05) is 49.5 Å². The minimum atomic E-state index is 0.731. The lowest BCUT2D eigenvalue weighted by Crippen LogP contribution is -2.47. The monoisotopic (exact) mass is 447 g/mol. The highest BCUT2D eigenvalue weighted by Crippen LogP contribution is 2.29. The summed E-state index contributed by atoms with van der Waals surface area (Å²) in [6.07, 6.45) is 1.11. The highest BCUT2D eigenvalue weighted by molar-refractivity contribution is 6.35. The van der Waals surface area contributed by atoms with E-state index in [9.17, 15) is 0 Å². The molecule has 0 bridgehead atoms. The maximum Gasteiger partial charge on any atom is 0.0640 e. The van der Waals surface area contributed by atoms with Crippen molar-refractivity contribution in [3.8, 4) is 0 Å². The third kappa shape index (κ3) is 5.29. The van der Waals surface area contributed by atoms with Gasteiger partial charge in [0, 0.05) is 48.5 Å². The number of anilines is 2. The van der Waals surface area contributed by atoms with Crippen LogP contribution in [0.5, 0.6) is 0 Å². The Morgan fingerprint density at radius 3 is 2.28 bits per heavy atom. The van der Waals surface area contributed by atoms with Gasteiger partial charge >= 0.3 is 0 Å². The molecule has 3 aromatic carbocycles. The largest absolute Gasteiger partial charge is 0.385 e. The first-order valence-corrected chi connectivity index (χ1v) is 11.1. The van der Waals surface area contributed by atoms with E-state index in [0.717, 1.165) is 72.1 Å². The average Bonchev–Trinajstić information content (AvgIpc) is 2.73. The molecule has 1 aliphatic rings. The van der Waals surface area contributed by atoms with E-state index in [0.29, 0.717) is 0 Å². The molecule has 4 rings (SSSR count). The molecular formula is C23H24Cl3N3. The van der Waals surface area contributed by atoms with Crippen LogP contribution in [-0.2, 0) is 0 Å². The van der Waals surface area contributed by atoms with Gasteiger partial charge in [0.25, 0.3) is 0 Å². The molecule has 1 saturated heterocycles. The maximum absolute atomic E-state index is 6.34. The Morgan fingerprint density at radius 2 is 1.45 bits per heavy atom. The van der Waals surface area contributed by atoms with Gasteiger partial charge in [-0.2, -0.15) is 0 Å². The third-order valence-electron chi connectivity index (χ3n) is 5.40. The summed E-state index contributed by atoms with van der Waals surface area (Å²) in [5.41, 5.74) is 2.19. The summed E-state index contributed by atoms with van der Waals surface area (Å²) in [6.45, 7) is 6.08. The molecular weight excluding hydrogens is 425 g/mol. The van der Waals surface area contributed by atoms with Crippen LogP contribution in [0.15, 0.2) is 54.6 Å². The highest BCUT2D eigenvalue weighted by Gasteiger charge is 2.18. The fraction of sp³-hybridized carbons (Fsp3) is 0.304. The number of nitrogens with one attached hydrogen (secondary N) is 1. The molecule has 0 amide bonds. The Balaban J connectivity index is 1.22. The lowest BCUT2D eigenvalue weighted by Gasteiger charge is -2.36. The fourth-order valence-corrected chi connectivity index (χ4v) is 4.39. The Kier molecular flexibility index (Phi) is 6.71. The number of nitrogens with zero attached hydrogens (tertiary/aromatic N) is 2. The van der Waals surface area contributed by atoms with Gasteiger partial charge in [-0.15, -0.1) is 0 Å². The minimum Gasteiger partial charge on any atom is -0.385 e. The predicted octanol–water partition coefficient (Wildman–Crippen LogP) is 6.42. The standard InChI is InChI=1S/C23H24Cl3N3/c24-19-4-2-18-15-21(6-3-17(18)14-19)27-8-1-9-28-10-12-29(13-11-28)23-16-20(25)5-7-22(23)26/h2-7,14-16,27H,1,8-13H2. The third-order valence-corrected chi connectivity index (χ3v) is 6.19. The van der Waals surface area contributed by atoms with Crippen molar-refractivity contribution in [3.63, 3.8) is 0 Å². The number of hydrogen-bond donors (Lipinski definition) is 1. The minimum absolute atomic E-state index is 0.731. The van der Waals surface area contributed by atoms with Crippen LogP contribution in [0.4, 0.5) is 11.4 Å². The van der Waals surface area contributed by atoms with E-state index in [2.05, 4.69) is 39.4 Å². The average molecular weight is 449 g/mol. The van der Waals surface area contributed by atoms with Crippen LogP contribution in [0, 0.1) is 0 Å². The van der Waals surface area contributed by atoms with Crippen molar-refractivity contribution in [1.82, 2.24) is 4.90 Å². The SMILES string of the molecule is Clc1ccc(Cl)c(N2CCN(CCCNc3ccc4cc(Cl)ccc4c3)CC2)c1. The quantitative estimate of drug-likeness (QED) is 0.439. The van der Waals surface area contributed by atoms with E-state index in [4.69, 9.17) is 34.8 Å². The van der Waals surface area contributed by atoms with Crippen LogP contribution < -0.4 is 10.2 Å². The Hall–Kier alpha value is -1.65. The molecule has 1 fully saturated rings. The summed E-state index contributed by atoms with van der Waals surface area (Å²) < 4.78 is 0. The van der Waals surface area contributed by atoms with Crippen LogP contribution in [0.1, 0.15) is 6.42 Å². The van der Waals surface area contributed by atoms with E-state index < -0.39 is 0 Å². The van der Waals surface area contributed by atoms with Gasteiger partial charge in [0.1, 0.15) is 0 Å². The van der Waals surface area contributed by atoms with Gasteiger partial charge in [-0.3, -0.25) is 4.90 Å². The number of fused-ring (bicyclic) bond motifs is 1. The molecule has 0 spiro atoms. The van der Waals surface area contributed by atoms with E-state index in [1.54, 1.807) is 0 Å². The molecule has 0 saturated carbocycles. The van der Waals surface area contributed by atoms with Gasteiger partial charge in [0.15, 0.2) is 0 Å². The molecule has 0 unspecified atom stereocenters. The summed E-state index contributed by atoms with van der Waals surface area (Å²) in [7, 11) is 0. The van der Waals surface area contributed by atoms with Gasteiger partial charge in [0.2, 0.25) is 0 Å². The molecule has 0 aliphatic carbocycles. The Morgan fingerprint density at radius 1 is 0.759 bits per heavy atom. The van der Waals surface area contributed by atoms with Crippen LogP contribution in [0.2, 0.25) is 15.1 Å². The van der Waals surface area contributed by atoms with Crippen molar-refractivity contribution < 1.29 is 0 Å². The molecule has 1 N–H and O–H groups in total. The van der Waals surface area contributed by atoms with Crippen LogP contribution in [0.3, 0.4) is 0 Å². The molecule has 1 heterocycles. The zero-order valence-electron chi connectivity index (χ0n) is 16.2. The second-order valence-corrected chi connectivity index (χ2v) is 8.69. The predicted molar refractivity (Wildman–Crippen MR) is 127 cm³/mol. The van der Waals surface area contributed by atoms with Gasteiger partial charge in [-0.1, -0.05) is 46.9 Å². The van der Waals surface area contributed by atoms with Crippen molar-refractivity contribution in [2.24, 2.45) is 0 Å². The Bertz CT molecular complexity index is 984. The summed E-state index contributed by atoms with van der Waals surface area (Å²) in [4.78, 5) is 4.84. The first-order valence-electron chi connectivity index (χ1n) is 9.94. The zero-order valence-corrected chi connectivity index (χ0v) is 18.4. The van der Waals surface area contributed by atoms with Crippen LogP contribution >= 0.6 is 34.8 Å². The number of benzene rings is 3. The zero-order chi connectivity index (χ0) is 20.2. The molecule has 29 heavy (non-hydrogen) atoms. The first-order chi connectivity index (χ1) is 14.1. The molecule has 3 nitrogen and oxygen atoms in total. The number of piperazine rings is 1. The lowest BCUT2D eigenvalue weighted by atomic mass is 10.1. The second kappa shape index (κ2) is 9.44. The molecule has 0 atom stereocenters. The van der Waals surface area contributed by atoms with Crippen molar-refractivity contribution in [1.29, 1.82) is 0 Å².